The quantitative estimate of drug-likeness (QED) is 0.873. The number of nitrogens with one attached hydrogen (secondary N) is 2. The molecule has 0 saturated heterocycles. The molecule has 2 aromatic carbocycles. The van der Waals surface area contributed by atoms with Crippen LogP contribution in [0.1, 0.15) is 5.56 Å². The molecule has 0 fully saturated rings. The summed E-state index contributed by atoms with van der Waals surface area (Å²) in [7, 11) is 0. The van der Waals surface area contributed by atoms with Gasteiger partial charge in [0.15, 0.2) is 0 Å². The lowest BCUT2D eigenvalue weighted by molar-refractivity contribution is -0.137. The molecule has 0 unspecified atom stereocenters. The molecule has 2 rings (SSSR count). The van der Waals surface area contributed by atoms with Crippen molar-refractivity contribution >= 4 is 28.9 Å². The molecule has 22 heavy (non-hydrogen) atoms. The molecule has 0 aliphatic rings. The molecule has 0 saturated carbocycles. The van der Waals surface area contributed by atoms with E-state index in [9.17, 15) is 18.0 Å². The lowest BCUT2D eigenvalue weighted by Gasteiger charge is -2.10. The van der Waals surface area contributed by atoms with Gasteiger partial charge in [-0.15, -0.1) is 0 Å². The maximum atomic E-state index is 12.6. The largest absolute Gasteiger partial charge is 0.416 e. The van der Waals surface area contributed by atoms with Crippen LogP contribution in [-0.4, -0.2) is 12.5 Å². The van der Waals surface area contributed by atoms with Gasteiger partial charge in [0.25, 0.3) is 0 Å². The molecule has 0 bridgehead atoms. The minimum atomic E-state index is -4.44. The summed E-state index contributed by atoms with van der Waals surface area (Å²) in [5.74, 6) is -0.450. The van der Waals surface area contributed by atoms with E-state index < -0.39 is 17.6 Å². The molecule has 2 N–H and O–H groups in total. The zero-order valence-electron chi connectivity index (χ0n) is 11.2. The first-order valence-electron chi connectivity index (χ1n) is 6.31. The summed E-state index contributed by atoms with van der Waals surface area (Å²) < 4.78 is 37.7. The van der Waals surface area contributed by atoms with Crippen LogP contribution in [0.15, 0.2) is 48.5 Å². The van der Waals surface area contributed by atoms with Gasteiger partial charge in [0.05, 0.1) is 12.1 Å². The molecule has 0 aliphatic carbocycles. The van der Waals surface area contributed by atoms with Gasteiger partial charge >= 0.3 is 6.18 Å². The normalized spacial score (nSPS) is 11.1. The molecule has 0 heterocycles. The minimum Gasteiger partial charge on any atom is -0.376 e. The first kappa shape index (κ1) is 16.2. The molecule has 1 amide bonds. The molecule has 0 spiro atoms. The lowest BCUT2D eigenvalue weighted by atomic mass is 10.2. The predicted octanol–water partition coefficient (Wildman–Crippen LogP) is 4.41. The Bertz CT molecular complexity index is 657. The standard InChI is InChI=1S/C15H12ClF3N2O/c16-11-4-6-12(7-5-11)20-9-14(22)21-13-3-1-2-10(8-13)15(17,18)19/h1-8,20H,9H2,(H,21,22). The molecule has 0 atom stereocenters. The van der Waals surface area contributed by atoms with Crippen molar-refractivity contribution in [2.75, 3.05) is 17.2 Å². The topological polar surface area (TPSA) is 41.1 Å². The van der Waals surface area contributed by atoms with Gasteiger partial charge in [-0.3, -0.25) is 4.79 Å². The first-order chi connectivity index (χ1) is 10.3. The average molecular weight is 329 g/mol. The summed E-state index contributed by atoms with van der Waals surface area (Å²) in [5.41, 5.74) is -0.0303. The van der Waals surface area contributed by atoms with Crippen molar-refractivity contribution in [3.8, 4) is 0 Å². The van der Waals surface area contributed by atoms with Crippen LogP contribution in [-0.2, 0) is 11.0 Å². The highest BCUT2D eigenvalue weighted by Crippen LogP contribution is 2.30. The number of hydrogen-bond donors (Lipinski definition) is 2. The van der Waals surface area contributed by atoms with Crippen LogP contribution >= 0.6 is 11.6 Å². The first-order valence-corrected chi connectivity index (χ1v) is 6.69. The number of carbonyl (C=O) groups excluding carboxylic acids is 1. The Hall–Kier alpha value is -2.21. The smallest absolute Gasteiger partial charge is 0.376 e. The number of benzene rings is 2. The Labute approximate surface area is 130 Å². The summed E-state index contributed by atoms with van der Waals surface area (Å²) >= 11 is 5.73. The summed E-state index contributed by atoms with van der Waals surface area (Å²) in [6, 6.07) is 11.2. The second-order valence-electron chi connectivity index (χ2n) is 4.49. The zero-order chi connectivity index (χ0) is 16.2. The van der Waals surface area contributed by atoms with Crippen LogP contribution in [0, 0.1) is 0 Å². The van der Waals surface area contributed by atoms with Crippen molar-refractivity contribution < 1.29 is 18.0 Å². The van der Waals surface area contributed by atoms with Crippen LogP contribution in [0.4, 0.5) is 24.5 Å². The molecule has 116 valence electrons. The van der Waals surface area contributed by atoms with Gasteiger partial charge in [0.2, 0.25) is 5.91 Å². The third-order valence-corrected chi connectivity index (χ3v) is 3.02. The van der Waals surface area contributed by atoms with Crippen LogP contribution < -0.4 is 10.6 Å². The van der Waals surface area contributed by atoms with Gasteiger partial charge in [-0.1, -0.05) is 17.7 Å². The molecule has 0 aliphatic heterocycles. The van der Waals surface area contributed by atoms with Crippen LogP contribution in [0.5, 0.6) is 0 Å². The average Bonchev–Trinajstić information content (AvgIpc) is 2.46. The van der Waals surface area contributed by atoms with E-state index in [2.05, 4.69) is 10.6 Å². The Morgan fingerprint density at radius 1 is 1.05 bits per heavy atom. The van der Waals surface area contributed by atoms with Crippen molar-refractivity contribution in [3.05, 3.63) is 59.1 Å². The highest BCUT2D eigenvalue weighted by molar-refractivity contribution is 6.30. The van der Waals surface area contributed by atoms with Gasteiger partial charge in [0, 0.05) is 16.4 Å². The van der Waals surface area contributed by atoms with Crippen LogP contribution in [0.25, 0.3) is 0 Å². The van der Waals surface area contributed by atoms with E-state index in [4.69, 9.17) is 11.6 Å². The van der Waals surface area contributed by atoms with E-state index in [-0.39, 0.29) is 12.2 Å². The number of amides is 1. The SMILES string of the molecule is O=C(CNc1ccc(Cl)cc1)Nc1cccc(C(F)(F)F)c1. The maximum Gasteiger partial charge on any atom is 0.416 e. The van der Waals surface area contributed by atoms with Gasteiger partial charge < -0.3 is 10.6 Å². The van der Waals surface area contributed by atoms with Crippen LogP contribution in [0.2, 0.25) is 5.02 Å². The third-order valence-electron chi connectivity index (χ3n) is 2.77. The predicted molar refractivity (Wildman–Crippen MR) is 80.0 cm³/mol. The number of hydrogen-bond acceptors (Lipinski definition) is 2. The van der Waals surface area contributed by atoms with Gasteiger partial charge in [0.1, 0.15) is 0 Å². The molecule has 7 heteroatoms. The fourth-order valence-electron chi connectivity index (χ4n) is 1.73. The van der Waals surface area contributed by atoms with Gasteiger partial charge in [-0.2, -0.15) is 13.2 Å². The van der Waals surface area contributed by atoms with E-state index in [1.54, 1.807) is 24.3 Å². The summed E-state index contributed by atoms with van der Waals surface area (Å²) in [4.78, 5) is 11.7. The number of alkyl halides is 3. The zero-order valence-corrected chi connectivity index (χ0v) is 12.0. The molecule has 0 aromatic heterocycles. The number of rotatable bonds is 4. The summed E-state index contributed by atoms with van der Waals surface area (Å²) in [6.07, 6.45) is -4.44. The second-order valence-corrected chi connectivity index (χ2v) is 4.92. The number of anilines is 2. The molecular weight excluding hydrogens is 317 g/mol. The Kier molecular flexibility index (Phi) is 4.92. The minimum absolute atomic E-state index is 0.0715. The van der Waals surface area contributed by atoms with E-state index in [1.165, 1.54) is 12.1 Å². The molecule has 3 nitrogen and oxygen atoms in total. The van der Waals surface area contributed by atoms with Crippen LogP contribution in [0.3, 0.4) is 0 Å². The molecular formula is C15H12ClF3N2O. The Balaban J connectivity index is 1.93. The monoisotopic (exact) mass is 328 g/mol. The molecule has 0 radical (unpaired) electrons. The summed E-state index contributed by atoms with van der Waals surface area (Å²) in [5, 5.41) is 5.82. The van der Waals surface area contributed by atoms with E-state index in [1.807, 2.05) is 0 Å². The van der Waals surface area contributed by atoms with E-state index in [0.29, 0.717) is 10.7 Å². The van der Waals surface area contributed by atoms with Crippen molar-refractivity contribution in [2.45, 2.75) is 6.18 Å². The van der Waals surface area contributed by atoms with Crippen molar-refractivity contribution in [1.82, 2.24) is 0 Å². The van der Waals surface area contributed by atoms with Crippen molar-refractivity contribution in [3.63, 3.8) is 0 Å². The second kappa shape index (κ2) is 6.70. The van der Waals surface area contributed by atoms with Gasteiger partial charge in [-0.25, -0.2) is 0 Å². The summed E-state index contributed by atoms with van der Waals surface area (Å²) in [6.45, 7) is -0.0715. The van der Waals surface area contributed by atoms with Crippen molar-refractivity contribution in [1.29, 1.82) is 0 Å². The Morgan fingerprint density at radius 2 is 1.73 bits per heavy atom. The lowest BCUT2D eigenvalue weighted by Crippen LogP contribution is -2.22. The van der Waals surface area contributed by atoms with E-state index in [0.717, 1.165) is 12.1 Å². The fourth-order valence-corrected chi connectivity index (χ4v) is 1.85. The van der Waals surface area contributed by atoms with Crippen molar-refractivity contribution in [2.24, 2.45) is 0 Å². The van der Waals surface area contributed by atoms with E-state index >= 15 is 0 Å². The van der Waals surface area contributed by atoms with Gasteiger partial charge in [-0.05, 0) is 42.5 Å². The fraction of sp³-hybridized carbons (Fsp3) is 0.133. The third kappa shape index (κ3) is 4.66. The highest BCUT2D eigenvalue weighted by atomic mass is 35.5. The number of carbonyl (C=O) groups is 1. The highest BCUT2D eigenvalue weighted by Gasteiger charge is 2.30. The Morgan fingerprint density at radius 3 is 2.36 bits per heavy atom. The number of halogens is 4. The maximum absolute atomic E-state index is 12.6. The molecule has 2 aromatic rings.